The summed E-state index contributed by atoms with van der Waals surface area (Å²) in [6, 6.07) is 13.1. The van der Waals surface area contributed by atoms with Crippen molar-refractivity contribution in [2.45, 2.75) is 6.92 Å². The van der Waals surface area contributed by atoms with Crippen molar-refractivity contribution in [1.82, 2.24) is 5.32 Å². The number of carbonyl (C=O) groups excluding carboxylic acids is 3. The highest BCUT2D eigenvalue weighted by atomic mass is 35.5. The summed E-state index contributed by atoms with van der Waals surface area (Å²) < 4.78 is 5.65. The summed E-state index contributed by atoms with van der Waals surface area (Å²) in [7, 11) is 0. The summed E-state index contributed by atoms with van der Waals surface area (Å²) in [6.45, 7) is 1.81. The molecule has 1 saturated heterocycles. The van der Waals surface area contributed by atoms with Gasteiger partial charge in [0.05, 0.1) is 10.6 Å². The van der Waals surface area contributed by atoms with Gasteiger partial charge in [0, 0.05) is 11.6 Å². The molecule has 160 valence electrons. The number of furan rings is 1. The number of nitro benzene ring substituents is 1. The molecular weight excluding hydrogens is 438 g/mol. The summed E-state index contributed by atoms with van der Waals surface area (Å²) in [4.78, 5) is 48.9. The standard InChI is InChI=1S/C22H14ClN3O6/c1-12-3-2-4-14(9-12)25-21(28)16(20(27)24-22(25)29)11-15-6-8-19(32-15)13-5-7-17(23)18(10-13)26(30)31/h2-11H,1H3,(H,24,27,29)/b16-11+. The molecule has 1 fully saturated rings. The van der Waals surface area contributed by atoms with Gasteiger partial charge in [0.1, 0.15) is 22.1 Å². The van der Waals surface area contributed by atoms with E-state index in [4.69, 9.17) is 16.0 Å². The Kier molecular flexibility index (Phi) is 5.33. The zero-order valence-electron chi connectivity index (χ0n) is 16.5. The molecule has 0 aliphatic carbocycles. The Bertz CT molecular complexity index is 1330. The van der Waals surface area contributed by atoms with Gasteiger partial charge in [0.15, 0.2) is 0 Å². The van der Waals surface area contributed by atoms with Crippen LogP contribution in [0.5, 0.6) is 0 Å². The lowest BCUT2D eigenvalue weighted by Gasteiger charge is -2.26. The fourth-order valence-corrected chi connectivity index (χ4v) is 3.38. The van der Waals surface area contributed by atoms with Gasteiger partial charge in [-0.25, -0.2) is 9.69 Å². The number of rotatable bonds is 4. The van der Waals surface area contributed by atoms with Gasteiger partial charge in [-0.05, 0) is 55.0 Å². The van der Waals surface area contributed by atoms with E-state index >= 15 is 0 Å². The largest absolute Gasteiger partial charge is 0.457 e. The molecule has 0 atom stereocenters. The highest BCUT2D eigenvalue weighted by Crippen LogP contribution is 2.32. The number of carbonyl (C=O) groups is 3. The van der Waals surface area contributed by atoms with Gasteiger partial charge in [-0.15, -0.1) is 0 Å². The van der Waals surface area contributed by atoms with Gasteiger partial charge in [0.25, 0.3) is 17.5 Å². The van der Waals surface area contributed by atoms with Crippen LogP contribution in [0.2, 0.25) is 5.02 Å². The van der Waals surface area contributed by atoms with Gasteiger partial charge in [0.2, 0.25) is 0 Å². The molecule has 9 nitrogen and oxygen atoms in total. The molecule has 2 heterocycles. The molecule has 2 aromatic carbocycles. The molecule has 0 radical (unpaired) electrons. The Morgan fingerprint density at radius 2 is 1.88 bits per heavy atom. The zero-order chi connectivity index (χ0) is 23.0. The number of imide groups is 2. The molecule has 1 aliphatic heterocycles. The Balaban J connectivity index is 1.68. The monoisotopic (exact) mass is 451 g/mol. The second-order valence-corrected chi connectivity index (χ2v) is 7.33. The quantitative estimate of drug-likeness (QED) is 0.270. The lowest BCUT2D eigenvalue weighted by Crippen LogP contribution is -2.54. The number of amides is 4. The maximum Gasteiger partial charge on any atom is 0.335 e. The number of aryl methyl sites for hydroxylation is 1. The summed E-state index contributed by atoms with van der Waals surface area (Å²) in [6.07, 6.45) is 1.21. The zero-order valence-corrected chi connectivity index (χ0v) is 17.3. The second-order valence-electron chi connectivity index (χ2n) is 6.92. The predicted octanol–water partition coefficient (Wildman–Crippen LogP) is 4.48. The average molecular weight is 452 g/mol. The second kappa shape index (κ2) is 8.12. The third-order valence-corrected chi connectivity index (χ3v) is 5.02. The van der Waals surface area contributed by atoms with Crippen molar-refractivity contribution >= 4 is 46.9 Å². The lowest BCUT2D eigenvalue weighted by atomic mass is 10.1. The third kappa shape index (κ3) is 3.88. The molecule has 4 amide bonds. The van der Waals surface area contributed by atoms with Crippen LogP contribution in [0.25, 0.3) is 17.4 Å². The van der Waals surface area contributed by atoms with Crippen molar-refractivity contribution in [3.05, 3.63) is 86.6 Å². The third-order valence-electron chi connectivity index (χ3n) is 4.70. The molecule has 10 heteroatoms. The molecule has 1 N–H and O–H groups in total. The summed E-state index contributed by atoms with van der Waals surface area (Å²) in [5.74, 6) is -1.24. The van der Waals surface area contributed by atoms with E-state index in [2.05, 4.69) is 5.32 Å². The van der Waals surface area contributed by atoms with Crippen molar-refractivity contribution < 1.29 is 23.7 Å². The number of hydrogen-bond donors (Lipinski definition) is 1. The predicted molar refractivity (Wildman–Crippen MR) is 116 cm³/mol. The number of urea groups is 1. The Morgan fingerprint density at radius 3 is 2.59 bits per heavy atom. The Morgan fingerprint density at radius 1 is 1.09 bits per heavy atom. The smallest absolute Gasteiger partial charge is 0.335 e. The Hall–Kier alpha value is -4.24. The van der Waals surface area contributed by atoms with E-state index < -0.39 is 22.8 Å². The van der Waals surface area contributed by atoms with Gasteiger partial charge in [-0.2, -0.15) is 0 Å². The minimum atomic E-state index is -0.857. The molecule has 0 bridgehead atoms. The number of halogens is 1. The topological polar surface area (TPSA) is 123 Å². The number of hydrogen-bond acceptors (Lipinski definition) is 6. The van der Waals surface area contributed by atoms with Crippen molar-refractivity contribution in [3.63, 3.8) is 0 Å². The number of barbiturate groups is 1. The molecular formula is C22H14ClN3O6. The van der Waals surface area contributed by atoms with E-state index in [0.29, 0.717) is 11.3 Å². The minimum Gasteiger partial charge on any atom is -0.457 e. The number of benzene rings is 2. The van der Waals surface area contributed by atoms with Gasteiger partial charge in [-0.1, -0.05) is 23.7 Å². The summed E-state index contributed by atoms with van der Waals surface area (Å²) in [5, 5.41) is 13.2. The van der Waals surface area contributed by atoms with E-state index in [1.807, 2.05) is 13.0 Å². The molecule has 1 aromatic heterocycles. The van der Waals surface area contributed by atoms with Crippen LogP contribution >= 0.6 is 11.6 Å². The summed E-state index contributed by atoms with van der Waals surface area (Å²) >= 11 is 5.83. The van der Waals surface area contributed by atoms with E-state index in [0.717, 1.165) is 10.5 Å². The first kappa shape index (κ1) is 21.0. The molecule has 32 heavy (non-hydrogen) atoms. The van der Waals surface area contributed by atoms with Crippen molar-refractivity contribution in [1.29, 1.82) is 0 Å². The lowest BCUT2D eigenvalue weighted by molar-refractivity contribution is -0.384. The molecule has 3 aromatic rings. The fraction of sp³-hybridized carbons (Fsp3) is 0.0455. The van der Waals surface area contributed by atoms with Crippen LogP contribution in [-0.2, 0) is 9.59 Å². The van der Waals surface area contributed by atoms with Crippen LogP contribution in [0, 0.1) is 17.0 Å². The normalized spacial score (nSPS) is 15.2. The molecule has 0 saturated carbocycles. The molecule has 0 unspecified atom stereocenters. The fourth-order valence-electron chi connectivity index (χ4n) is 3.19. The van der Waals surface area contributed by atoms with Crippen molar-refractivity contribution in [3.8, 4) is 11.3 Å². The maximum absolute atomic E-state index is 12.9. The van der Waals surface area contributed by atoms with E-state index in [9.17, 15) is 24.5 Å². The highest BCUT2D eigenvalue weighted by molar-refractivity contribution is 6.39. The van der Waals surface area contributed by atoms with Crippen LogP contribution < -0.4 is 10.2 Å². The van der Waals surface area contributed by atoms with E-state index in [-0.39, 0.29) is 27.8 Å². The van der Waals surface area contributed by atoms with Gasteiger partial charge >= 0.3 is 6.03 Å². The molecule has 4 rings (SSSR count). The Labute approximate surface area is 186 Å². The minimum absolute atomic E-state index is 0.0157. The van der Waals surface area contributed by atoms with Crippen molar-refractivity contribution in [2.24, 2.45) is 0 Å². The van der Waals surface area contributed by atoms with Crippen LogP contribution in [-0.4, -0.2) is 22.8 Å². The number of nitrogens with one attached hydrogen (secondary N) is 1. The molecule has 0 spiro atoms. The number of nitrogens with zero attached hydrogens (tertiary/aromatic N) is 2. The van der Waals surface area contributed by atoms with Crippen LogP contribution in [0.15, 0.2) is 64.6 Å². The van der Waals surface area contributed by atoms with E-state index in [1.165, 1.54) is 30.3 Å². The van der Waals surface area contributed by atoms with Crippen LogP contribution in [0.1, 0.15) is 11.3 Å². The molecule has 1 aliphatic rings. The van der Waals surface area contributed by atoms with E-state index in [1.54, 1.807) is 24.3 Å². The first-order valence-corrected chi connectivity index (χ1v) is 9.64. The summed E-state index contributed by atoms with van der Waals surface area (Å²) in [5.41, 5.74) is 0.961. The first-order chi connectivity index (χ1) is 15.2. The number of nitro groups is 1. The number of anilines is 1. The van der Waals surface area contributed by atoms with Crippen LogP contribution in [0.3, 0.4) is 0 Å². The van der Waals surface area contributed by atoms with Crippen LogP contribution in [0.4, 0.5) is 16.2 Å². The maximum atomic E-state index is 12.9. The van der Waals surface area contributed by atoms with Gasteiger partial charge in [-0.3, -0.25) is 25.0 Å². The highest BCUT2D eigenvalue weighted by Gasteiger charge is 2.37. The van der Waals surface area contributed by atoms with Gasteiger partial charge < -0.3 is 4.42 Å². The average Bonchev–Trinajstić information content (AvgIpc) is 3.20. The first-order valence-electron chi connectivity index (χ1n) is 9.27. The van der Waals surface area contributed by atoms with Crippen molar-refractivity contribution in [2.75, 3.05) is 4.90 Å². The SMILES string of the molecule is Cc1cccc(N2C(=O)NC(=O)/C(=C\c3ccc(-c4ccc(Cl)c([N+](=O)[O-])c4)o3)C2=O)c1.